The van der Waals surface area contributed by atoms with E-state index in [1.54, 1.807) is 0 Å². The van der Waals surface area contributed by atoms with Crippen LogP contribution in [0.5, 0.6) is 0 Å². The monoisotopic (exact) mass is 296 g/mol. The van der Waals surface area contributed by atoms with Gasteiger partial charge in [-0.3, -0.25) is 4.79 Å². The Hall–Kier alpha value is -0.850. The Morgan fingerprint density at radius 1 is 1.11 bits per heavy atom. The quantitative estimate of drug-likeness (QED) is 0.735. The lowest BCUT2D eigenvalue weighted by molar-refractivity contribution is -0.132. The number of allylic oxidation sites excluding steroid dienone is 1. The number of alkyl halides is 3. The van der Waals surface area contributed by atoms with Gasteiger partial charge in [0.2, 0.25) is 0 Å². The van der Waals surface area contributed by atoms with Crippen molar-refractivity contribution in [3.63, 3.8) is 0 Å². The van der Waals surface area contributed by atoms with E-state index in [2.05, 4.69) is 6.58 Å². The molecule has 2 bridgehead atoms. The number of ketones is 1. The van der Waals surface area contributed by atoms with Crippen LogP contribution in [0.1, 0.15) is 32.1 Å². The van der Waals surface area contributed by atoms with Gasteiger partial charge in [-0.1, -0.05) is 13.0 Å². The molecule has 0 amide bonds. The van der Waals surface area contributed by atoms with E-state index in [4.69, 9.17) is 0 Å². The Morgan fingerprint density at radius 3 is 2.00 bits per heavy atom. The van der Waals surface area contributed by atoms with Crippen molar-refractivity contribution in [2.24, 2.45) is 5.92 Å². The van der Waals surface area contributed by atoms with Gasteiger partial charge < -0.3 is 0 Å². The summed E-state index contributed by atoms with van der Waals surface area (Å²) in [6.45, 7) is 2.81. The van der Waals surface area contributed by atoms with E-state index in [0.717, 1.165) is 6.42 Å². The number of rotatable bonds is 2. The first kappa shape index (κ1) is 14.6. The number of carbonyl (C=O) groups excluding carboxylic acids is 1. The summed E-state index contributed by atoms with van der Waals surface area (Å²) in [7, 11) is -3.26. The molecule has 2 unspecified atom stereocenters. The molecule has 0 radical (unpaired) electrons. The van der Waals surface area contributed by atoms with Crippen molar-refractivity contribution in [2.45, 2.75) is 48.8 Å². The van der Waals surface area contributed by atoms with Crippen molar-refractivity contribution >= 4 is 15.6 Å². The third kappa shape index (κ3) is 2.57. The fourth-order valence-electron chi connectivity index (χ4n) is 3.01. The molecule has 108 valence electrons. The van der Waals surface area contributed by atoms with Crippen LogP contribution in [0.3, 0.4) is 0 Å². The second kappa shape index (κ2) is 4.61. The van der Waals surface area contributed by atoms with Gasteiger partial charge in [-0.05, 0) is 25.7 Å². The van der Waals surface area contributed by atoms with Crippen LogP contribution in [0.2, 0.25) is 0 Å². The fourth-order valence-corrected chi connectivity index (χ4v) is 5.54. The molecule has 2 rings (SSSR count). The molecule has 2 fully saturated rings. The maximum Gasteiger partial charge on any atom is 0.419 e. The van der Waals surface area contributed by atoms with Gasteiger partial charge in [0, 0.05) is 5.92 Å². The summed E-state index contributed by atoms with van der Waals surface area (Å²) in [5, 5.41) is -1.31. The van der Waals surface area contributed by atoms with E-state index in [-0.39, 0.29) is 12.8 Å². The molecular formula is C12H15F3O3S. The van der Waals surface area contributed by atoms with Gasteiger partial charge in [0.1, 0.15) is 0 Å². The zero-order valence-electron chi connectivity index (χ0n) is 10.2. The molecule has 3 nitrogen and oxygen atoms in total. The normalized spacial score (nSPS) is 33.7. The molecule has 2 heterocycles. The van der Waals surface area contributed by atoms with Crippen LogP contribution in [0.4, 0.5) is 13.2 Å². The van der Waals surface area contributed by atoms with Gasteiger partial charge in [0.15, 0.2) is 15.6 Å². The number of halogens is 3. The smallest absolute Gasteiger partial charge is 0.294 e. The van der Waals surface area contributed by atoms with E-state index in [1.165, 1.54) is 0 Å². The molecular weight excluding hydrogens is 281 g/mol. The predicted molar refractivity (Wildman–Crippen MR) is 63.3 cm³/mol. The minimum atomic E-state index is -4.73. The van der Waals surface area contributed by atoms with E-state index >= 15 is 0 Å². The number of carbonyl (C=O) groups is 1. The average Bonchev–Trinajstić information content (AvgIpc) is 2.24. The first-order chi connectivity index (χ1) is 8.64. The summed E-state index contributed by atoms with van der Waals surface area (Å²) in [5.74, 6) is -1.90. The van der Waals surface area contributed by atoms with Crippen LogP contribution >= 0.6 is 0 Å². The standard InChI is InChI=1S/C12H15F3O3S/c1-7(12(13,14)15)11(16)8-5-9-3-2-4-10(6-8)19(9,17)18/h8-10H,1-6H2. The van der Waals surface area contributed by atoms with E-state index in [1.807, 2.05) is 0 Å². The van der Waals surface area contributed by atoms with Crippen LogP contribution in [0.15, 0.2) is 12.2 Å². The highest BCUT2D eigenvalue weighted by Crippen LogP contribution is 2.41. The van der Waals surface area contributed by atoms with Gasteiger partial charge in [-0.15, -0.1) is 0 Å². The maximum absolute atomic E-state index is 12.5. The van der Waals surface area contributed by atoms with Crippen molar-refractivity contribution in [3.05, 3.63) is 12.2 Å². The molecule has 2 aliphatic rings. The highest BCUT2D eigenvalue weighted by atomic mass is 32.2. The largest absolute Gasteiger partial charge is 0.419 e. The molecule has 0 aromatic carbocycles. The van der Waals surface area contributed by atoms with Gasteiger partial charge in [-0.2, -0.15) is 13.2 Å². The molecule has 0 aromatic rings. The third-order valence-electron chi connectivity index (χ3n) is 4.09. The average molecular weight is 296 g/mol. The van der Waals surface area contributed by atoms with Crippen LogP contribution < -0.4 is 0 Å². The van der Waals surface area contributed by atoms with Crippen molar-refractivity contribution in [2.75, 3.05) is 0 Å². The first-order valence-corrected chi connectivity index (χ1v) is 7.78. The van der Waals surface area contributed by atoms with Crippen LogP contribution in [0.25, 0.3) is 0 Å². The lowest BCUT2D eigenvalue weighted by atomic mass is 9.84. The zero-order valence-corrected chi connectivity index (χ0v) is 11.1. The molecule has 19 heavy (non-hydrogen) atoms. The fraction of sp³-hybridized carbons (Fsp3) is 0.750. The third-order valence-corrected chi connectivity index (χ3v) is 6.80. The zero-order chi connectivity index (χ0) is 14.4. The molecule has 2 saturated heterocycles. The number of sulfone groups is 1. The number of fused-ring (bicyclic) bond motifs is 2. The van der Waals surface area contributed by atoms with Gasteiger partial charge >= 0.3 is 6.18 Å². The molecule has 0 aliphatic carbocycles. The van der Waals surface area contributed by atoms with E-state index < -0.39 is 43.8 Å². The molecule has 0 aromatic heterocycles. The van der Waals surface area contributed by atoms with Crippen LogP contribution in [-0.2, 0) is 14.6 Å². The van der Waals surface area contributed by atoms with Gasteiger partial charge in [0.05, 0.1) is 16.1 Å². The number of hydrogen-bond acceptors (Lipinski definition) is 3. The Labute approximate surface area is 109 Å². The Kier molecular flexibility index (Phi) is 3.53. The summed E-state index contributed by atoms with van der Waals surface area (Å²) in [5.41, 5.74) is -1.37. The summed E-state index contributed by atoms with van der Waals surface area (Å²) in [4.78, 5) is 11.8. The molecule has 2 aliphatic heterocycles. The minimum absolute atomic E-state index is 0.00671. The summed E-state index contributed by atoms with van der Waals surface area (Å²) < 4.78 is 61.3. The Bertz CT molecular complexity index is 487. The summed E-state index contributed by atoms with van der Waals surface area (Å²) in [6.07, 6.45) is -3.07. The summed E-state index contributed by atoms with van der Waals surface area (Å²) in [6, 6.07) is 0. The molecule has 7 heteroatoms. The van der Waals surface area contributed by atoms with Gasteiger partial charge in [-0.25, -0.2) is 8.42 Å². The van der Waals surface area contributed by atoms with Crippen molar-refractivity contribution in [3.8, 4) is 0 Å². The van der Waals surface area contributed by atoms with E-state index in [0.29, 0.717) is 12.8 Å². The van der Waals surface area contributed by atoms with Crippen molar-refractivity contribution in [1.29, 1.82) is 0 Å². The summed E-state index contributed by atoms with van der Waals surface area (Å²) >= 11 is 0. The molecule has 0 saturated carbocycles. The molecule has 0 spiro atoms. The van der Waals surface area contributed by atoms with E-state index in [9.17, 15) is 26.4 Å². The number of Topliss-reactive ketones (excluding diaryl/α,β-unsaturated/α-hetero) is 1. The highest BCUT2D eigenvalue weighted by Gasteiger charge is 2.48. The Balaban J connectivity index is 2.18. The van der Waals surface area contributed by atoms with Gasteiger partial charge in [0.25, 0.3) is 0 Å². The van der Waals surface area contributed by atoms with Crippen molar-refractivity contribution in [1.82, 2.24) is 0 Å². The second-order valence-electron chi connectivity index (χ2n) is 5.27. The topological polar surface area (TPSA) is 51.2 Å². The minimum Gasteiger partial charge on any atom is -0.294 e. The maximum atomic E-state index is 12.5. The second-order valence-corrected chi connectivity index (χ2v) is 7.78. The van der Waals surface area contributed by atoms with Crippen LogP contribution in [-0.4, -0.2) is 30.9 Å². The van der Waals surface area contributed by atoms with Crippen LogP contribution in [0, 0.1) is 5.92 Å². The highest BCUT2D eigenvalue weighted by molar-refractivity contribution is 7.92. The first-order valence-electron chi connectivity index (χ1n) is 6.17. The molecule has 0 N–H and O–H groups in total. The number of hydrogen-bond donors (Lipinski definition) is 0. The molecule has 2 atom stereocenters. The van der Waals surface area contributed by atoms with Crippen molar-refractivity contribution < 1.29 is 26.4 Å². The SMILES string of the molecule is C=C(C(=O)C1CC2CCCC(C1)S2(=O)=O)C(F)(F)F. The predicted octanol–water partition coefficient (Wildman–Crippen LogP) is 2.42. The lowest BCUT2D eigenvalue weighted by Crippen LogP contribution is -2.46. The Morgan fingerprint density at radius 2 is 1.58 bits per heavy atom. The lowest BCUT2D eigenvalue weighted by Gasteiger charge is -2.38.